The molecule has 4 heteroatoms. The van der Waals surface area contributed by atoms with Crippen molar-refractivity contribution >= 4 is 0 Å². The zero-order valence-corrected chi connectivity index (χ0v) is 8.45. The first-order chi connectivity index (χ1) is 6.13. The molecule has 0 aliphatic carbocycles. The van der Waals surface area contributed by atoms with E-state index in [-0.39, 0.29) is 6.04 Å². The standard InChI is InChI=1S/C9H17N3O/c1-4-7(10)5-8-11-9(6(2)3)12-13-8/h6-7H,4-5,10H2,1-3H3. The third kappa shape index (κ3) is 2.81. The van der Waals surface area contributed by atoms with Crippen LogP contribution in [-0.4, -0.2) is 16.2 Å². The first-order valence-corrected chi connectivity index (χ1v) is 4.71. The average Bonchev–Trinajstić information content (AvgIpc) is 2.52. The molecule has 0 aliphatic heterocycles. The first kappa shape index (κ1) is 10.2. The van der Waals surface area contributed by atoms with Crippen LogP contribution in [0.4, 0.5) is 0 Å². The van der Waals surface area contributed by atoms with Crippen molar-refractivity contribution in [1.29, 1.82) is 0 Å². The van der Waals surface area contributed by atoms with Crippen LogP contribution in [0.25, 0.3) is 0 Å². The quantitative estimate of drug-likeness (QED) is 0.767. The number of nitrogens with zero attached hydrogens (tertiary/aromatic N) is 2. The SMILES string of the molecule is CCC(N)Cc1nc(C(C)C)no1. The van der Waals surface area contributed by atoms with Crippen molar-refractivity contribution < 1.29 is 4.52 Å². The van der Waals surface area contributed by atoms with Gasteiger partial charge in [-0.15, -0.1) is 0 Å². The highest BCUT2D eigenvalue weighted by molar-refractivity contribution is 4.92. The van der Waals surface area contributed by atoms with Crippen molar-refractivity contribution in [1.82, 2.24) is 10.1 Å². The van der Waals surface area contributed by atoms with Gasteiger partial charge in [0.2, 0.25) is 5.89 Å². The maximum Gasteiger partial charge on any atom is 0.228 e. The highest BCUT2D eigenvalue weighted by atomic mass is 16.5. The van der Waals surface area contributed by atoms with Crippen LogP contribution in [0.5, 0.6) is 0 Å². The normalized spacial score (nSPS) is 13.6. The van der Waals surface area contributed by atoms with Gasteiger partial charge in [-0.25, -0.2) is 0 Å². The Morgan fingerprint density at radius 1 is 1.46 bits per heavy atom. The third-order valence-corrected chi connectivity index (χ3v) is 1.96. The van der Waals surface area contributed by atoms with Gasteiger partial charge in [-0.1, -0.05) is 25.9 Å². The van der Waals surface area contributed by atoms with Crippen LogP contribution in [0, 0.1) is 0 Å². The maximum absolute atomic E-state index is 5.76. The molecule has 74 valence electrons. The van der Waals surface area contributed by atoms with E-state index in [2.05, 4.69) is 10.1 Å². The Kier molecular flexibility index (Phi) is 3.42. The molecule has 2 N–H and O–H groups in total. The highest BCUT2D eigenvalue weighted by Gasteiger charge is 2.11. The van der Waals surface area contributed by atoms with Crippen LogP contribution < -0.4 is 5.73 Å². The summed E-state index contributed by atoms with van der Waals surface area (Å²) in [6.45, 7) is 6.12. The van der Waals surface area contributed by atoms with E-state index in [0.29, 0.717) is 18.2 Å². The molecule has 1 rings (SSSR count). The van der Waals surface area contributed by atoms with Crippen molar-refractivity contribution in [2.45, 2.75) is 45.6 Å². The lowest BCUT2D eigenvalue weighted by atomic mass is 10.2. The predicted molar refractivity (Wildman–Crippen MR) is 50.4 cm³/mol. The van der Waals surface area contributed by atoms with Gasteiger partial charge in [0.25, 0.3) is 0 Å². The van der Waals surface area contributed by atoms with Gasteiger partial charge in [0.1, 0.15) is 0 Å². The summed E-state index contributed by atoms with van der Waals surface area (Å²) in [7, 11) is 0. The lowest BCUT2D eigenvalue weighted by Crippen LogP contribution is -2.21. The molecule has 1 unspecified atom stereocenters. The molecule has 1 aromatic rings. The van der Waals surface area contributed by atoms with Crippen LogP contribution in [-0.2, 0) is 6.42 Å². The minimum Gasteiger partial charge on any atom is -0.339 e. The van der Waals surface area contributed by atoms with E-state index in [9.17, 15) is 0 Å². The van der Waals surface area contributed by atoms with E-state index in [1.807, 2.05) is 20.8 Å². The monoisotopic (exact) mass is 183 g/mol. The van der Waals surface area contributed by atoms with Crippen molar-refractivity contribution in [3.8, 4) is 0 Å². The summed E-state index contributed by atoms with van der Waals surface area (Å²) in [5.74, 6) is 1.73. The highest BCUT2D eigenvalue weighted by Crippen LogP contribution is 2.10. The molecule has 1 heterocycles. The Hall–Kier alpha value is -0.900. The molecule has 0 spiro atoms. The van der Waals surface area contributed by atoms with Crippen LogP contribution >= 0.6 is 0 Å². The lowest BCUT2D eigenvalue weighted by molar-refractivity contribution is 0.361. The number of hydrogen-bond acceptors (Lipinski definition) is 4. The average molecular weight is 183 g/mol. The molecule has 0 radical (unpaired) electrons. The van der Waals surface area contributed by atoms with Gasteiger partial charge in [-0.3, -0.25) is 0 Å². The molecule has 0 amide bonds. The Balaban J connectivity index is 2.58. The van der Waals surface area contributed by atoms with Gasteiger partial charge < -0.3 is 10.3 Å². The summed E-state index contributed by atoms with van der Waals surface area (Å²) in [4.78, 5) is 4.24. The molecular formula is C9H17N3O. The Morgan fingerprint density at radius 2 is 2.15 bits per heavy atom. The molecular weight excluding hydrogens is 166 g/mol. The van der Waals surface area contributed by atoms with E-state index in [4.69, 9.17) is 10.3 Å². The van der Waals surface area contributed by atoms with Crippen molar-refractivity contribution in [3.05, 3.63) is 11.7 Å². The summed E-state index contributed by atoms with van der Waals surface area (Å²) in [6.07, 6.45) is 1.61. The van der Waals surface area contributed by atoms with E-state index >= 15 is 0 Å². The lowest BCUT2D eigenvalue weighted by Gasteiger charge is -2.02. The number of aromatic nitrogens is 2. The smallest absolute Gasteiger partial charge is 0.228 e. The van der Waals surface area contributed by atoms with Crippen molar-refractivity contribution in [2.75, 3.05) is 0 Å². The molecule has 1 atom stereocenters. The molecule has 0 aromatic carbocycles. The molecule has 13 heavy (non-hydrogen) atoms. The van der Waals surface area contributed by atoms with Gasteiger partial charge in [-0.2, -0.15) is 4.98 Å². The third-order valence-electron chi connectivity index (χ3n) is 1.96. The Morgan fingerprint density at radius 3 is 2.62 bits per heavy atom. The number of nitrogens with two attached hydrogens (primary N) is 1. The van der Waals surface area contributed by atoms with E-state index < -0.39 is 0 Å². The zero-order chi connectivity index (χ0) is 9.84. The fourth-order valence-corrected chi connectivity index (χ4v) is 0.954. The van der Waals surface area contributed by atoms with Crippen LogP contribution in [0.3, 0.4) is 0 Å². The zero-order valence-electron chi connectivity index (χ0n) is 8.45. The molecule has 0 aliphatic rings. The molecule has 1 aromatic heterocycles. The van der Waals surface area contributed by atoms with Crippen LogP contribution in [0.1, 0.15) is 44.8 Å². The minimum atomic E-state index is 0.125. The second kappa shape index (κ2) is 4.37. The van der Waals surface area contributed by atoms with Crippen molar-refractivity contribution in [2.24, 2.45) is 5.73 Å². The maximum atomic E-state index is 5.76. The van der Waals surface area contributed by atoms with E-state index in [0.717, 1.165) is 12.2 Å². The number of hydrogen-bond donors (Lipinski definition) is 1. The minimum absolute atomic E-state index is 0.125. The van der Waals surface area contributed by atoms with Gasteiger partial charge in [0, 0.05) is 18.4 Å². The predicted octanol–water partition coefficient (Wildman–Crippen LogP) is 1.47. The molecule has 0 saturated heterocycles. The van der Waals surface area contributed by atoms with Crippen LogP contribution in [0.2, 0.25) is 0 Å². The summed E-state index contributed by atoms with van der Waals surface area (Å²) in [6, 6.07) is 0.125. The summed E-state index contributed by atoms with van der Waals surface area (Å²) in [5, 5.41) is 3.86. The van der Waals surface area contributed by atoms with Gasteiger partial charge >= 0.3 is 0 Å². The molecule has 4 nitrogen and oxygen atoms in total. The second-order valence-electron chi connectivity index (χ2n) is 3.57. The largest absolute Gasteiger partial charge is 0.339 e. The summed E-state index contributed by atoms with van der Waals surface area (Å²) < 4.78 is 5.06. The van der Waals surface area contributed by atoms with Crippen molar-refractivity contribution in [3.63, 3.8) is 0 Å². The fraction of sp³-hybridized carbons (Fsp3) is 0.778. The topological polar surface area (TPSA) is 64.9 Å². The molecule has 0 saturated carbocycles. The van der Waals surface area contributed by atoms with Gasteiger partial charge in [0.05, 0.1) is 0 Å². The first-order valence-electron chi connectivity index (χ1n) is 4.71. The molecule has 0 fully saturated rings. The number of rotatable bonds is 4. The fourth-order valence-electron chi connectivity index (χ4n) is 0.954. The van der Waals surface area contributed by atoms with Crippen LogP contribution in [0.15, 0.2) is 4.52 Å². The van der Waals surface area contributed by atoms with Gasteiger partial charge in [0.15, 0.2) is 5.82 Å². The Bertz CT molecular complexity index is 257. The van der Waals surface area contributed by atoms with Gasteiger partial charge in [-0.05, 0) is 6.42 Å². The summed E-state index contributed by atoms with van der Waals surface area (Å²) in [5.41, 5.74) is 5.76. The summed E-state index contributed by atoms with van der Waals surface area (Å²) >= 11 is 0. The van der Waals surface area contributed by atoms with E-state index in [1.165, 1.54) is 0 Å². The molecule has 0 bridgehead atoms. The Labute approximate surface area is 78.5 Å². The van der Waals surface area contributed by atoms with E-state index in [1.54, 1.807) is 0 Å². The second-order valence-corrected chi connectivity index (χ2v) is 3.57.